The van der Waals surface area contributed by atoms with E-state index in [0.29, 0.717) is 16.5 Å². The van der Waals surface area contributed by atoms with E-state index >= 15 is 0 Å². The van der Waals surface area contributed by atoms with Gasteiger partial charge in [0, 0.05) is 29.1 Å². The maximum atomic E-state index is 13.7. The summed E-state index contributed by atoms with van der Waals surface area (Å²) in [5.41, 5.74) is 3.74. The van der Waals surface area contributed by atoms with Crippen molar-refractivity contribution in [1.82, 2.24) is 10.2 Å². The number of halogens is 2. The summed E-state index contributed by atoms with van der Waals surface area (Å²) in [6.07, 6.45) is 1.38. The molecule has 35 heavy (non-hydrogen) atoms. The van der Waals surface area contributed by atoms with Gasteiger partial charge in [-0.2, -0.15) is 0 Å². The Morgan fingerprint density at radius 3 is 2.26 bits per heavy atom. The third-order valence-electron chi connectivity index (χ3n) is 6.10. The van der Waals surface area contributed by atoms with E-state index in [1.807, 2.05) is 81.4 Å². The van der Waals surface area contributed by atoms with Crippen LogP contribution in [0, 0.1) is 6.92 Å². The first-order valence-electron chi connectivity index (χ1n) is 11.9. The molecule has 2 atom stereocenters. The van der Waals surface area contributed by atoms with Crippen molar-refractivity contribution in [2.75, 3.05) is 0 Å². The van der Waals surface area contributed by atoms with Gasteiger partial charge in [0.15, 0.2) is 0 Å². The highest BCUT2D eigenvalue weighted by Gasteiger charge is 2.31. The number of nitrogens with zero attached hydrogens (tertiary/aromatic N) is 1. The normalized spacial score (nSPS) is 12.6. The average molecular weight is 511 g/mol. The van der Waals surface area contributed by atoms with Crippen molar-refractivity contribution < 1.29 is 9.59 Å². The summed E-state index contributed by atoms with van der Waals surface area (Å²) in [6, 6.07) is 22.1. The number of hydrogen-bond acceptors (Lipinski definition) is 2. The third-order valence-corrected chi connectivity index (χ3v) is 6.69. The molecule has 0 aromatic heterocycles. The minimum Gasteiger partial charge on any atom is -0.352 e. The monoisotopic (exact) mass is 510 g/mol. The van der Waals surface area contributed by atoms with Crippen molar-refractivity contribution in [3.05, 3.63) is 105 Å². The van der Waals surface area contributed by atoms with Gasteiger partial charge in [0.25, 0.3) is 0 Å². The first kappa shape index (κ1) is 26.8. The standard InChI is InChI=1S/C29H32Cl2N2O2/c1-4-21(3)32-29(35)27(16-22-8-6-5-7-9-22)33(19-24-14-15-25(30)18-26(24)31)28(34)17-23-12-10-20(2)11-13-23/h5-15,18,21,27H,4,16-17,19H2,1-3H3,(H,32,35). The quantitative estimate of drug-likeness (QED) is 0.343. The van der Waals surface area contributed by atoms with Gasteiger partial charge in [-0.05, 0) is 49.1 Å². The Kier molecular flexibility index (Phi) is 9.76. The molecule has 3 aromatic carbocycles. The molecule has 0 spiro atoms. The van der Waals surface area contributed by atoms with Gasteiger partial charge < -0.3 is 10.2 Å². The fraction of sp³-hybridized carbons (Fsp3) is 0.310. The van der Waals surface area contributed by atoms with Crippen molar-refractivity contribution in [1.29, 1.82) is 0 Å². The highest BCUT2D eigenvalue weighted by atomic mass is 35.5. The van der Waals surface area contributed by atoms with E-state index in [2.05, 4.69) is 5.32 Å². The Bertz CT molecular complexity index is 1130. The lowest BCUT2D eigenvalue weighted by Crippen LogP contribution is -2.52. The van der Waals surface area contributed by atoms with Gasteiger partial charge in [-0.3, -0.25) is 9.59 Å². The van der Waals surface area contributed by atoms with E-state index < -0.39 is 6.04 Å². The van der Waals surface area contributed by atoms with Crippen LogP contribution in [-0.2, 0) is 29.0 Å². The van der Waals surface area contributed by atoms with Gasteiger partial charge >= 0.3 is 0 Å². The number of aryl methyl sites for hydroxylation is 1. The predicted molar refractivity (Wildman–Crippen MR) is 144 cm³/mol. The summed E-state index contributed by atoms with van der Waals surface area (Å²) in [6.45, 7) is 6.19. The van der Waals surface area contributed by atoms with Gasteiger partial charge in [0.05, 0.1) is 6.42 Å². The fourth-order valence-corrected chi connectivity index (χ4v) is 4.28. The molecule has 2 unspecified atom stereocenters. The minimum atomic E-state index is -0.698. The van der Waals surface area contributed by atoms with Crippen LogP contribution in [-0.4, -0.2) is 28.8 Å². The summed E-state index contributed by atoms with van der Waals surface area (Å²) in [5.74, 6) is -0.314. The topological polar surface area (TPSA) is 49.4 Å². The van der Waals surface area contributed by atoms with Crippen LogP contribution in [0.4, 0.5) is 0 Å². The molecule has 3 aromatic rings. The Hall–Kier alpha value is -2.82. The Morgan fingerprint density at radius 2 is 1.63 bits per heavy atom. The van der Waals surface area contributed by atoms with E-state index in [0.717, 1.165) is 28.7 Å². The molecule has 0 saturated heterocycles. The van der Waals surface area contributed by atoms with Crippen molar-refractivity contribution in [3.63, 3.8) is 0 Å². The molecule has 2 amide bonds. The molecule has 1 N–H and O–H groups in total. The molecule has 0 aliphatic rings. The van der Waals surface area contributed by atoms with Gasteiger partial charge in [0.2, 0.25) is 11.8 Å². The molecular weight excluding hydrogens is 479 g/mol. The third kappa shape index (κ3) is 7.84. The van der Waals surface area contributed by atoms with Crippen molar-refractivity contribution >= 4 is 35.0 Å². The second kappa shape index (κ2) is 12.8. The van der Waals surface area contributed by atoms with Crippen molar-refractivity contribution in [3.8, 4) is 0 Å². The molecule has 4 nitrogen and oxygen atoms in total. The molecule has 6 heteroatoms. The second-order valence-electron chi connectivity index (χ2n) is 8.94. The average Bonchev–Trinajstić information content (AvgIpc) is 2.84. The van der Waals surface area contributed by atoms with Gasteiger partial charge in [-0.15, -0.1) is 0 Å². The smallest absolute Gasteiger partial charge is 0.243 e. The zero-order chi connectivity index (χ0) is 25.4. The van der Waals surface area contributed by atoms with Gasteiger partial charge in [-0.1, -0.05) is 96.4 Å². The highest BCUT2D eigenvalue weighted by Crippen LogP contribution is 2.24. The van der Waals surface area contributed by atoms with Crippen molar-refractivity contribution in [2.45, 2.75) is 58.7 Å². The lowest BCUT2D eigenvalue weighted by Gasteiger charge is -2.32. The Labute approximate surface area is 218 Å². The molecule has 3 rings (SSSR count). The molecule has 0 aliphatic heterocycles. The summed E-state index contributed by atoms with van der Waals surface area (Å²) in [5, 5.41) is 4.06. The van der Waals surface area contributed by atoms with E-state index in [1.165, 1.54) is 0 Å². The fourth-order valence-electron chi connectivity index (χ4n) is 3.81. The molecule has 0 bridgehead atoms. The Morgan fingerprint density at radius 1 is 0.943 bits per heavy atom. The maximum absolute atomic E-state index is 13.7. The number of carbonyl (C=O) groups is 2. The molecular formula is C29H32Cl2N2O2. The lowest BCUT2D eigenvalue weighted by molar-refractivity contribution is -0.141. The lowest BCUT2D eigenvalue weighted by atomic mass is 10.0. The Balaban J connectivity index is 1.99. The molecule has 0 radical (unpaired) electrons. The number of hydrogen-bond donors (Lipinski definition) is 1. The number of carbonyl (C=O) groups excluding carboxylic acids is 2. The van der Waals surface area contributed by atoms with E-state index in [4.69, 9.17) is 23.2 Å². The van der Waals surface area contributed by atoms with Crippen LogP contribution in [0.5, 0.6) is 0 Å². The van der Waals surface area contributed by atoms with Crippen LogP contribution >= 0.6 is 23.2 Å². The summed E-state index contributed by atoms with van der Waals surface area (Å²) in [7, 11) is 0. The van der Waals surface area contributed by atoms with Crippen LogP contribution in [0.25, 0.3) is 0 Å². The highest BCUT2D eigenvalue weighted by molar-refractivity contribution is 6.35. The van der Waals surface area contributed by atoms with Gasteiger partial charge in [0.1, 0.15) is 6.04 Å². The minimum absolute atomic E-state index is 0.00561. The molecule has 0 aliphatic carbocycles. The largest absolute Gasteiger partial charge is 0.352 e. The number of benzene rings is 3. The molecule has 0 heterocycles. The zero-order valence-corrected chi connectivity index (χ0v) is 21.9. The second-order valence-corrected chi connectivity index (χ2v) is 9.79. The number of nitrogens with one attached hydrogen (secondary N) is 1. The first-order valence-corrected chi connectivity index (χ1v) is 12.7. The summed E-state index contributed by atoms with van der Waals surface area (Å²) >= 11 is 12.6. The van der Waals surface area contributed by atoms with Crippen LogP contribution in [0.1, 0.15) is 42.5 Å². The number of rotatable bonds is 10. The molecule has 0 saturated carbocycles. The van der Waals surface area contributed by atoms with E-state index in [1.54, 1.807) is 17.0 Å². The van der Waals surface area contributed by atoms with Gasteiger partial charge in [-0.25, -0.2) is 0 Å². The molecule has 0 fully saturated rings. The zero-order valence-electron chi connectivity index (χ0n) is 20.4. The SMILES string of the molecule is CCC(C)NC(=O)C(Cc1ccccc1)N(Cc1ccc(Cl)cc1Cl)C(=O)Cc1ccc(C)cc1. The maximum Gasteiger partial charge on any atom is 0.243 e. The van der Waals surface area contributed by atoms with E-state index in [-0.39, 0.29) is 30.8 Å². The van der Waals surface area contributed by atoms with Crippen LogP contribution in [0.2, 0.25) is 10.0 Å². The van der Waals surface area contributed by atoms with Crippen LogP contribution in [0.3, 0.4) is 0 Å². The van der Waals surface area contributed by atoms with Crippen molar-refractivity contribution in [2.24, 2.45) is 0 Å². The first-order chi connectivity index (χ1) is 16.8. The molecule has 184 valence electrons. The predicted octanol–water partition coefficient (Wildman–Crippen LogP) is 6.40. The summed E-state index contributed by atoms with van der Waals surface area (Å²) in [4.78, 5) is 28.9. The summed E-state index contributed by atoms with van der Waals surface area (Å²) < 4.78 is 0. The van der Waals surface area contributed by atoms with E-state index in [9.17, 15) is 9.59 Å². The number of amides is 2. The van der Waals surface area contributed by atoms with Crippen LogP contribution < -0.4 is 5.32 Å². The van der Waals surface area contributed by atoms with Crippen LogP contribution in [0.15, 0.2) is 72.8 Å².